The third-order valence-corrected chi connectivity index (χ3v) is 4.99. The second-order valence-corrected chi connectivity index (χ2v) is 6.26. The Hall–Kier alpha value is -2.15. The van der Waals surface area contributed by atoms with Gasteiger partial charge in [-0.1, -0.05) is 18.2 Å². The van der Waals surface area contributed by atoms with Gasteiger partial charge in [-0.05, 0) is 12.1 Å². The molecule has 6 nitrogen and oxygen atoms in total. The maximum Gasteiger partial charge on any atom is 0.408 e. The summed E-state index contributed by atoms with van der Waals surface area (Å²) in [6.07, 6.45) is -0.936. The second kappa shape index (κ2) is 5.92. The molecule has 1 aliphatic heterocycles. The van der Waals surface area contributed by atoms with Crippen molar-refractivity contribution < 1.29 is 14.7 Å². The Morgan fingerprint density at radius 1 is 1.41 bits per heavy atom. The normalized spacial score (nSPS) is 17.9. The molecule has 0 saturated carbocycles. The van der Waals surface area contributed by atoms with Gasteiger partial charge in [0.15, 0.2) is 0 Å². The smallest absolute Gasteiger partial charge is 0.408 e. The van der Waals surface area contributed by atoms with E-state index >= 15 is 0 Å². The number of para-hydroxylation sites is 1. The quantitative estimate of drug-likeness (QED) is 0.907. The minimum Gasteiger partial charge on any atom is -0.465 e. The molecule has 0 unspecified atom stereocenters. The molecule has 0 bridgehead atoms. The van der Waals surface area contributed by atoms with Crippen LogP contribution in [0.5, 0.6) is 0 Å². The first kappa shape index (κ1) is 14.8. The minimum absolute atomic E-state index is 0.166. The van der Waals surface area contributed by atoms with E-state index < -0.39 is 6.09 Å². The van der Waals surface area contributed by atoms with Gasteiger partial charge >= 0.3 is 6.09 Å². The molecular weight excluding hydrogens is 302 g/mol. The van der Waals surface area contributed by atoms with Crippen molar-refractivity contribution >= 4 is 34.7 Å². The van der Waals surface area contributed by atoms with Crippen molar-refractivity contribution in [2.24, 2.45) is 7.05 Å². The lowest BCUT2D eigenvalue weighted by molar-refractivity contribution is 0.0928. The van der Waals surface area contributed by atoms with Crippen molar-refractivity contribution in [2.75, 3.05) is 18.2 Å². The Balaban J connectivity index is 1.71. The van der Waals surface area contributed by atoms with Crippen LogP contribution >= 0.6 is 11.8 Å². The van der Waals surface area contributed by atoms with Crippen LogP contribution in [0, 0.1) is 0 Å². The second-order valence-electron chi connectivity index (χ2n) is 5.26. The maximum absolute atomic E-state index is 12.4. The summed E-state index contributed by atoms with van der Waals surface area (Å²) in [6.45, 7) is 0.333. The lowest BCUT2D eigenvalue weighted by Gasteiger charge is -2.20. The number of amides is 2. The summed E-state index contributed by atoms with van der Waals surface area (Å²) in [5.41, 5.74) is 1.57. The number of carbonyl (C=O) groups is 2. The van der Waals surface area contributed by atoms with E-state index in [0.717, 1.165) is 10.9 Å². The fraction of sp³-hybridized carbons (Fsp3) is 0.333. The standard InChI is InChI=1S/C15H17N3O3S/c1-17-12-5-3-2-4-10(12)6-13(17)14(19)16-7-11-8-22-9-18(11)15(20)21/h2-6,11H,7-9H2,1H3,(H,16,19)(H,20,21)/t11-/m1/s1. The predicted molar refractivity (Wildman–Crippen MR) is 86.2 cm³/mol. The fourth-order valence-corrected chi connectivity index (χ4v) is 3.86. The monoisotopic (exact) mass is 319 g/mol. The van der Waals surface area contributed by atoms with E-state index in [-0.39, 0.29) is 11.9 Å². The van der Waals surface area contributed by atoms with Crippen LogP contribution in [0.4, 0.5) is 4.79 Å². The number of carboxylic acid groups (broad SMARTS) is 1. The van der Waals surface area contributed by atoms with Gasteiger partial charge < -0.3 is 15.0 Å². The lowest BCUT2D eigenvalue weighted by atomic mass is 10.2. The van der Waals surface area contributed by atoms with Gasteiger partial charge in [0.2, 0.25) is 0 Å². The van der Waals surface area contributed by atoms with Crippen molar-refractivity contribution in [3.05, 3.63) is 36.0 Å². The molecule has 0 spiro atoms. The highest BCUT2D eigenvalue weighted by atomic mass is 32.2. The molecule has 22 heavy (non-hydrogen) atoms. The number of nitrogens with zero attached hydrogens (tertiary/aromatic N) is 2. The molecule has 1 aromatic carbocycles. The van der Waals surface area contributed by atoms with E-state index in [1.54, 1.807) is 11.8 Å². The molecule has 0 aliphatic carbocycles. The topological polar surface area (TPSA) is 74.6 Å². The van der Waals surface area contributed by atoms with Gasteiger partial charge in [0.1, 0.15) is 5.69 Å². The van der Waals surface area contributed by atoms with Crippen molar-refractivity contribution in [3.8, 4) is 0 Å². The van der Waals surface area contributed by atoms with E-state index in [0.29, 0.717) is 23.9 Å². The van der Waals surface area contributed by atoms with Crippen LogP contribution in [-0.4, -0.2) is 50.8 Å². The van der Waals surface area contributed by atoms with Crippen LogP contribution in [0.3, 0.4) is 0 Å². The Morgan fingerprint density at radius 3 is 2.91 bits per heavy atom. The third-order valence-electron chi connectivity index (χ3n) is 3.91. The minimum atomic E-state index is -0.936. The molecule has 2 amide bonds. The molecule has 2 heterocycles. The Labute approximate surface area is 132 Å². The number of benzene rings is 1. The number of aromatic nitrogens is 1. The summed E-state index contributed by atoms with van der Waals surface area (Å²) < 4.78 is 1.85. The molecule has 1 aliphatic rings. The SMILES string of the molecule is Cn1c(C(=O)NC[C@@H]2CSCN2C(=O)O)cc2ccccc21. The number of hydrogen-bond donors (Lipinski definition) is 2. The number of carbonyl (C=O) groups excluding carboxylic acids is 1. The number of nitrogens with one attached hydrogen (secondary N) is 1. The molecule has 3 rings (SSSR count). The first-order chi connectivity index (χ1) is 10.6. The summed E-state index contributed by atoms with van der Waals surface area (Å²) in [6, 6.07) is 9.48. The average Bonchev–Trinajstić information content (AvgIpc) is 3.10. The largest absolute Gasteiger partial charge is 0.465 e. The summed E-state index contributed by atoms with van der Waals surface area (Å²) in [7, 11) is 1.85. The number of rotatable bonds is 3. The maximum atomic E-state index is 12.4. The van der Waals surface area contributed by atoms with Crippen LogP contribution in [0.25, 0.3) is 10.9 Å². The zero-order chi connectivity index (χ0) is 15.7. The van der Waals surface area contributed by atoms with Gasteiger partial charge in [-0.25, -0.2) is 4.79 Å². The molecule has 116 valence electrons. The Bertz CT molecular complexity index is 728. The highest BCUT2D eigenvalue weighted by Crippen LogP contribution is 2.21. The van der Waals surface area contributed by atoms with Crippen LogP contribution in [0.2, 0.25) is 0 Å². The average molecular weight is 319 g/mol. The van der Waals surface area contributed by atoms with Gasteiger partial charge in [0.25, 0.3) is 5.91 Å². The first-order valence-electron chi connectivity index (χ1n) is 6.98. The van der Waals surface area contributed by atoms with E-state index in [9.17, 15) is 9.59 Å². The third kappa shape index (κ3) is 2.64. The van der Waals surface area contributed by atoms with Gasteiger partial charge in [0, 0.05) is 30.2 Å². The molecule has 1 atom stereocenters. The Morgan fingerprint density at radius 2 is 2.18 bits per heavy atom. The van der Waals surface area contributed by atoms with E-state index in [1.807, 2.05) is 41.9 Å². The highest BCUT2D eigenvalue weighted by Gasteiger charge is 2.29. The molecule has 1 saturated heterocycles. The highest BCUT2D eigenvalue weighted by molar-refractivity contribution is 7.99. The van der Waals surface area contributed by atoms with Crippen molar-refractivity contribution in [3.63, 3.8) is 0 Å². The molecule has 7 heteroatoms. The van der Waals surface area contributed by atoms with Crippen LogP contribution < -0.4 is 5.32 Å². The number of aryl methyl sites for hydroxylation is 1. The van der Waals surface area contributed by atoms with Crippen molar-refractivity contribution in [1.29, 1.82) is 0 Å². The number of hydrogen-bond acceptors (Lipinski definition) is 3. The zero-order valence-corrected chi connectivity index (χ0v) is 13.0. The van der Waals surface area contributed by atoms with Gasteiger partial charge in [0.05, 0.1) is 11.9 Å². The summed E-state index contributed by atoms with van der Waals surface area (Å²) in [5.74, 6) is 0.993. The van der Waals surface area contributed by atoms with Crippen molar-refractivity contribution in [2.45, 2.75) is 6.04 Å². The molecule has 1 aromatic heterocycles. The Kier molecular flexibility index (Phi) is 3.98. The van der Waals surface area contributed by atoms with Gasteiger partial charge in [-0.2, -0.15) is 0 Å². The van der Waals surface area contributed by atoms with E-state index in [2.05, 4.69) is 5.32 Å². The molecule has 2 aromatic rings. The lowest BCUT2D eigenvalue weighted by Crippen LogP contribution is -2.44. The molecule has 0 radical (unpaired) electrons. The molecule has 1 fully saturated rings. The molecular formula is C15H17N3O3S. The van der Waals surface area contributed by atoms with Crippen molar-refractivity contribution in [1.82, 2.24) is 14.8 Å². The van der Waals surface area contributed by atoms with Gasteiger partial charge in [-0.3, -0.25) is 9.69 Å². The summed E-state index contributed by atoms with van der Waals surface area (Å²) >= 11 is 1.56. The summed E-state index contributed by atoms with van der Waals surface area (Å²) in [5, 5.41) is 13.0. The first-order valence-corrected chi connectivity index (χ1v) is 8.13. The van der Waals surface area contributed by atoms with Crippen LogP contribution in [-0.2, 0) is 7.05 Å². The number of thioether (sulfide) groups is 1. The van der Waals surface area contributed by atoms with Crippen LogP contribution in [0.1, 0.15) is 10.5 Å². The van der Waals surface area contributed by atoms with E-state index in [1.165, 1.54) is 4.90 Å². The zero-order valence-electron chi connectivity index (χ0n) is 12.2. The van der Waals surface area contributed by atoms with Crippen LogP contribution in [0.15, 0.2) is 30.3 Å². The molecule has 2 N–H and O–H groups in total. The fourth-order valence-electron chi connectivity index (χ4n) is 2.67. The summed E-state index contributed by atoms with van der Waals surface area (Å²) in [4.78, 5) is 24.8. The number of fused-ring (bicyclic) bond motifs is 1. The van der Waals surface area contributed by atoms with Gasteiger partial charge in [-0.15, -0.1) is 11.8 Å². The predicted octanol–water partition coefficient (Wildman–Crippen LogP) is 1.96. The van der Waals surface area contributed by atoms with E-state index in [4.69, 9.17) is 5.11 Å².